The zero-order valence-electron chi connectivity index (χ0n) is 10.7. The van der Waals surface area contributed by atoms with E-state index in [0.717, 1.165) is 5.56 Å². The van der Waals surface area contributed by atoms with Crippen LogP contribution in [0.15, 0.2) is 30.3 Å². The standard InChI is InChI=1S/C13H14ClN3O2/c1-18-11-7-12(19-2)17-13(16-11)15-8-9-4-3-5-10(14)6-9/h3-7H,8H2,1-2H3,(H,15,16,17). The first-order valence-electron chi connectivity index (χ1n) is 5.66. The summed E-state index contributed by atoms with van der Waals surface area (Å²) in [5, 5.41) is 3.79. The minimum absolute atomic E-state index is 0.441. The molecule has 0 amide bonds. The Balaban J connectivity index is 2.10. The molecule has 0 unspecified atom stereocenters. The number of aromatic nitrogens is 2. The highest BCUT2D eigenvalue weighted by Gasteiger charge is 2.05. The third-order valence-electron chi connectivity index (χ3n) is 2.44. The molecule has 0 aliphatic heterocycles. The fourth-order valence-electron chi connectivity index (χ4n) is 1.52. The average Bonchev–Trinajstić information content (AvgIpc) is 2.44. The van der Waals surface area contributed by atoms with Gasteiger partial charge in [-0.3, -0.25) is 0 Å². The van der Waals surface area contributed by atoms with E-state index in [1.54, 1.807) is 20.3 Å². The highest BCUT2D eigenvalue weighted by atomic mass is 35.5. The van der Waals surface area contributed by atoms with E-state index in [1.807, 2.05) is 24.3 Å². The summed E-state index contributed by atoms with van der Waals surface area (Å²) in [7, 11) is 3.09. The SMILES string of the molecule is COc1cc(OC)nc(NCc2cccc(Cl)c2)n1. The van der Waals surface area contributed by atoms with Gasteiger partial charge in [0, 0.05) is 11.6 Å². The number of anilines is 1. The maximum Gasteiger partial charge on any atom is 0.229 e. The van der Waals surface area contributed by atoms with Crippen LogP contribution in [0.1, 0.15) is 5.56 Å². The van der Waals surface area contributed by atoms with Gasteiger partial charge in [0.15, 0.2) is 0 Å². The van der Waals surface area contributed by atoms with Crippen LogP contribution >= 0.6 is 11.6 Å². The first-order chi connectivity index (χ1) is 9.21. The number of nitrogens with one attached hydrogen (secondary N) is 1. The van der Waals surface area contributed by atoms with Crippen LogP contribution in [-0.4, -0.2) is 24.2 Å². The molecule has 5 nitrogen and oxygen atoms in total. The van der Waals surface area contributed by atoms with Crippen molar-refractivity contribution in [3.8, 4) is 11.8 Å². The van der Waals surface area contributed by atoms with Crippen molar-refractivity contribution in [2.45, 2.75) is 6.54 Å². The van der Waals surface area contributed by atoms with Crippen molar-refractivity contribution < 1.29 is 9.47 Å². The van der Waals surface area contributed by atoms with E-state index in [2.05, 4.69) is 15.3 Å². The zero-order valence-corrected chi connectivity index (χ0v) is 11.4. The van der Waals surface area contributed by atoms with Crippen molar-refractivity contribution in [3.63, 3.8) is 0 Å². The van der Waals surface area contributed by atoms with Crippen molar-refractivity contribution in [2.75, 3.05) is 19.5 Å². The van der Waals surface area contributed by atoms with E-state index >= 15 is 0 Å². The molecule has 100 valence electrons. The van der Waals surface area contributed by atoms with Gasteiger partial charge in [-0.15, -0.1) is 0 Å². The number of halogens is 1. The molecule has 19 heavy (non-hydrogen) atoms. The van der Waals surface area contributed by atoms with E-state index in [4.69, 9.17) is 21.1 Å². The Hall–Kier alpha value is -2.01. The average molecular weight is 280 g/mol. The number of benzene rings is 1. The van der Waals surface area contributed by atoms with Gasteiger partial charge in [0.2, 0.25) is 17.7 Å². The van der Waals surface area contributed by atoms with Crippen molar-refractivity contribution in [1.29, 1.82) is 0 Å². The van der Waals surface area contributed by atoms with Crippen molar-refractivity contribution >= 4 is 17.5 Å². The Morgan fingerprint density at radius 1 is 1.11 bits per heavy atom. The van der Waals surface area contributed by atoms with Gasteiger partial charge in [-0.05, 0) is 17.7 Å². The Labute approximate surface area is 116 Å². The third-order valence-corrected chi connectivity index (χ3v) is 2.67. The highest BCUT2D eigenvalue weighted by molar-refractivity contribution is 6.30. The largest absolute Gasteiger partial charge is 0.481 e. The predicted molar refractivity (Wildman–Crippen MR) is 73.9 cm³/mol. The molecule has 6 heteroatoms. The molecule has 0 spiro atoms. The van der Waals surface area contributed by atoms with Gasteiger partial charge < -0.3 is 14.8 Å². The number of hydrogen-bond acceptors (Lipinski definition) is 5. The van der Waals surface area contributed by atoms with Crippen LogP contribution in [-0.2, 0) is 6.54 Å². The van der Waals surface area contributed by atoms with Crippen LogP contribution in [0, 0.1) is 0 Å². The molecule has 2 rings (SSSR count). The lowest BCUT2D eigenvalue weighted by molar-refractivity contribution is 0.373. The molecule has 1 heterocycles. The summed E-state index contributed by atoms with van der Waals surface area (Å²) < 4.78 is 10.2. The molecule has 0 fully saturated rings. The van der Waals surface area contributed by atoms with Crippen LogP contribution in [0.2, 0.25) is 5.02 Å². The van der Waals surface area contributed by atoms with Crippen LogP contribution in [0.4, 0.5) is 5.95 Å². The topological polar surface area (TPSA) is 56.3 Å². The second-order valence-corrected chi connectivity index (χ2v) is 4.20. The fourth-order valence-corrected chi connectivity index (χ4v) is 1.73. The molecule has 1 aromatic carbocycles. The van der Waals surface area contributed by atoms with E-state index in [1.165, 1.54) is 0 Å². The van der Waals surface area contributed by atoms with Crippen molar-refractivity contribution in [1.82, 2.24) is 9.97 Å². The minimum Gasteiger partial charge on any atom is -0.481 e. The van der Waals surface area contributed by atoms with E-state index in [-0.39, 0.29) is 0 Å². The fraction of sp³-hybridized carbons (Fsp3) is 0.231. The summed E-state index contributed by atoms with van der Waals surface area (Å²) >= 11 is 5.92. The minimum atomic E-state index is 0.441. The molecule has 0 atom stereocenters. The Kier molecular flexibility index (Phi) is 4.41. The van der Waals surface area contributed by atoms with Gasteiger partial charge in [-0.25, -0.2) is 0 Å². The quantitative estimate of drug-likeness (QED) is 0.912. The normalized spacial score (nSPS) is 10.1. The second-order valence-electron chi connectivity index (χ2n) is 3.76. The second kappa shape index (κ2) is 6.24. The first kappa shape index (κ1) is 13.4. The summed E-state index contributed by atoms with van der Waals surface area (Å²) in [5.41, 5.74) is 1.04. The summed E-state index contributed by atoms with van der Waals surface area (Å²) in [6.45, 7) is 0.566. The Bertz CT molecular complexity index is 541. The Morgan fingerprint density at radius 2 is 1.79 bits per heavy atom. The molecule has 0 aliphatic carbocycles. The lowest BCUT2D eigenvalue weighted by atomic mass is 10.2. The number of rotatable bonds is 5. The van der Waals surface area contributed by atoms with Gasteiger partial charge >= 0.3 is 0 Å². The molecule has 0 radical (unpaired) electrons. The molecule has 1 N–H and O–H groups in total. The summed E-state index contributed by atoms with van der Waals surface area (Å²) in [6.07, 6.45) is 0. The maximum atomic E-state index is 5.92. The van der Waals surface area contributed by atoms with Crippen LogP contribution < -0.4 is 14.8 Å². The van der Waals surface area contributed by atoms with Crippen molar-refractivity contribution in [3.05, 3.63) is 40.9 Å². The van der Waals surface area contributed by atoms with Gasteiger partial charge in [0.05, 0.1) is 20.3 Å². The van der Waals surface area contributed by atoms with E-state index < -0.39 is 0 Å². The third kappa shape index (κ3) is 3.72. The number of methoxy groups -OCH3 is 2. The summed E-state index contributed by atoms with van der Waals surface area (Å²) in [4.78, 5) is 8.36. The monoisotopic (exact) mass is 279 g/mol. The van der Waals surface area contributed by atoms with Gasteiger partial charge in [0.25, 0.3) is 0 Å². The molecule has 2 aromatic rings. The number of hydrogen-bond donors (Lipinski definition) is 1. The molecular weight excluding hydrogens is 266 g/mol. The van der Waals surface area contributed by atoms with E-state index in [0.29, 0.717) is 29.3 Å². The van der Waals surface area contributed by atoms with E-state index in [9.17, 15) is 0 Å². The Morgan fingerprint density at radius 3 is 2.37 bits per heavy atom. The predicted octanol–water partition coefficient (Wildman–Crippen LogP) is 2.76. The molecule has 0 bridgehead atoms. The number of ether oxygens (including phenoxy) is 2. The van der Waals surface area contributed by atoms with Crippen LogP contribution in [0.3, 0.4) is 0 Å². The molecule has 1 aromatic heterocycles. The highest BCUT2D eigenvalue weighted by Crippen LogP contribution is 2.18. The zero-order chi connectivity index (χ0) is 13.7. The van der Waals surface area contributed by atoms with Crippen LogP contribution in [0.5, 0.6) is 11.8 Å². The lowest BCUT2D eigenvalue weighted by Crippen LogP contribution is -2.05. The maximum absolute atomic E-state index is 5.92. The molecule has 0 saturated heterocycles. The van der Waals surface area contributed by atoms with Gasteiger partial charge in [0.1, 0.15) is 0 Å². The van der Waals surface area contributed by atoms with Crippen LogP contribution in [0.25, 0.3) is 0 Å². The summed E-state index contributed by atoms with van der Waals surface area (Å²) in [5.74, 6) is 1.33. The number of nitrogens with zero attached hydrogens (tertiary/aromatic N) is 2. The first-order valence-corrected chi connectivity index (χ1v) is 6.04. The molecular formula is C13H14ClN3O2. The van der Waals surface area contributed by atoms with Crippen molar-refractivity contribution in [2.24, 2.45) is 0 Å². The lowest BCUT2D eigenvalue weighted by Gasteiger charge is -2.08. The van der Waals surface area contributed by atoms with Gasteiger partial charge in [-0.1, -0.05) is 23.7 Å². The smallest absolute Gasteiger partial charge is 0.229 e. The molecule has 0 saturated carbocycles. The van der Waals surface area contributed by atoms with Gasteiger partial charge in [-0.2, -0.15) is 9.97 Å². The summed E-state index contributed by atoms with van der Waals surface area (Å²) in [6, 6.07) is 9.19. The molecule has 0 aliphatic rings.